The van der Waals surface area contributed by atoms with Crippen LogP contribution in [0.4, 0.5) is 10.5 Å². The van der Waals surface area contributed by atoms with Gasteiger partial charge in [-0.2, -0.15) is 0 Å². The molecule has 0 heterocycles. The lowest BCUT2D eigenvalue weighted by Crippen LogP contribution is -2.31. The minimum absolute atomic E-state index is 0.161. The van der Waals surface area contributed by atoms with Crippen LogP contribution < -0.4 is 10.6 Å². The summed E-state index contributed by atoms with van der Waals surface area (Å²) in [5, 5.41) is 14.2. The van der Waals surface area contributed by atoms with E-state index in [-0.39, 0.29) is 11.6 Å². The molecule has 0 atom stereocenters. The normalized spacial score (nSPS) is 10.4. The molecule has 0 radical (unpaired) electrons. The van der Waals surface area contributed by atoms with Gasteiger partial charge in [-0.25, -0.2) is 9.59 Å². The summed E-state index contributed by atoms with van der Waals surface area (Å²) in [4.78, 5) is 24.5. The predicted octanol–water partition coefficient (Wildman–Crippen LogP) is 2.22. The van der Waals surface area contributed by atoms with Gasteiger partial charge in [0.2, 0.25) is 0 Å². The number of carboxylic acids is 1. The van der Waals surface area contributed by atoms with E-state index in [9.17, 15) is 9.59 Å². The molecule has 0 fully saturated rings. The Labute approximate surface area is 126 Å². The van der Waals surface area contributed by atoms with Crippen molar-refractivity contribution in [3.05, 3.63) is 28.2 Å². The quantitative estimate of drug-likeness (QED) is 0.691. The summed E-state index contributed by atoms with van der Waals surface area (Å²) in [6, 6.07) is 4.12. The molecular formula is C13H18BrN3O3. The van der Waals surface area contributed by atoms with E-state index in [1.165, 1.54) is 12.1 Å². The van der Waals surface area contributed by atoms with Crippen LogP contribution >= 0.6 is 15.9 Å². The number of hydrogen-bond donors (Lipinski definition) is 3. The fourth-order valence-corrected chi connectivity index (χ4v) is 1.99. The molecule has 3 N–H and O–H groups in total. The van der Waals surface area contributed by atoms with Gasteiger partial charge in [0.1, 0.15) is 0 Å². The maximum absolute atomic E-state index is 11.7. The van der Waals surface area contributed by atoms with E-state index >= 15 is 0 Å². The van der Waals surface area contributed by atoms with Crippen molar-refractivity contribution in [2.75, 3.05) is 32.5 Å². The van der Waals surface area contributed by atoms with Crippen molar-refractivity contribution in [2.45, 2.75) is 6.42 Å². The number of urea groups is 1. The maximum atomic E-state index is 11.7. The van der Waals surface area contributed by atoms with Gasteiger partial charge in [-0.15, -0.1) is 0 Å². The molecule has 110 valence electrons. The number of anilines is 1. The third-order valence-corrected chi connectivity index (χ3v) is 3.19. The highest BCUT2D eigenvalue weighted by molar-refractivity contribution is 9.10. The molecule has 1 aromatic carbocycles. The number of carboxylic acid groups (broad SMARTS) is 1. The van der Waals surface area contributed by atoms with Crippen LogP contribution in [-0.4, -0.2) is 49.2 Å². The maximum Gasteiger partial charge on any atom is 0.335 e. The van der Waals surface area contributed by atoms with Crippen molar-refractivity contribution < 1.29 is 14.7 Å². The molecule has 7 heteroatoms. The van der Waals surface area contributed by atoms with Gasteiger partial charge in [0.25, 0.3) is 0 Å². The van der Waals surface area contributed by atoms with Crippen molar-refractivity contribution in [2.24, 2.45) is 0 Å². The Hall–Kier alpha value is -1.60. The second kappa shape index (κ2) is 7.86. The number of benzene rings is 1. The van der Waals surface area contributed by atoms with Crippen molar-refractivity contribution in [3.8, 4) is 0 Å². The first-order valence-electron chi connectivity index (χ1n) is 6.12. The number of nitrogens with zero attached hydrogens (tertiary/aromatic N) is 1. The van der Waals surface area contributed by atoms with Crippen molar-refractivity contribution in [1.29, 1.82) is 0 Å². The summed E-state index contributed by atoms with van der Waals surface area (Å²) >= 11 is 3.23. The molecule has 1 rings (SSSR count). The van der Waals surface area contributed by atoms with E-state index in [1.54, 1.807) is 6.07 Å². The highest BCUT2D eigenvalue weighted by Crippen LogP contribution is 2.23. The molecular weight excluding hydrogens is 326 g/mol. The zero-order valence-electron chi connectivity index (χ0n) is 11.4. The minimum Gasteiger partial charge on any atom is -0.478 e. The molecule has 0 aliphatic carbocycles. The van der Waals surface area contributed by atoms with Gasteiger partial charge in [-0.3, -0.25) is 0 Å². The van der Waals surface area contributed by atoms with Gasteiger partial charge in [0.15, 0.2) is 0 Å². The smallest absolute Gasteiger partial charge is 0.335 e. The fourth-order valence-electron chi connectivity index (χ4n) is 1.51. The standard InChI is InChI=1S/C13H18BrN3O3/c1-17(2)7-3-6-15-13(20)16-11-5-4-9(12(18)19)8-10(11)14/h4-5,8H,3,6-7H2,1-2H3,(H,18,19)(H2,15,16,20). The molecule has 0 aliphatic rings. The molecule has 0 bridgehead atoms. The molecule has 0 saturated carbocycles. The van der Waals surface area contributed by atoms with E-state index < -0.39 is 5.97 Å². The lowest BCUT2D eigenvalue weighted by molar-refractivity contribution is 0.0697. The average Bonchev–Trinajstić information content (AvgIpc) is 2.36. The Morgan fingerprint density at radius 3 is 2.60 bits per heavy atom. The number of carbonyl (C=O) groups is 2. The minimum atomic E-state index is -1.01. The summed E-state index contributed by atoms with van der Waals surface area (Å²) in [6.45, 7) is 1.48. The van der Waals surface area contributed by atoms with Crippen LogP contribution in [0.15, 0.2) is 22.7 Å². The zero-order chi connectivity index (χ0) is 15.1. The summed E-state index contributed by atoms with van der Waals surface area (Å²) in [5.74, 6) is -1.01. The number of rotatable bonds is 6. The molecule has 0 saturated heterocycles. The third-order valence-electron chi connectivity index (χ3n) is 2.53. The average molecular weight is 344 g/mol. The SMILES string of the molecule is CN(C)CCCNC(=O)Nc1ccc(C(=O)O)cc1Br. The van der Waals surface area contributed by atoms with E-state index in [1.807, 2.05) is 19.0 Å². The van der Waals surface area contributed by atoms with Crippen LogP contribution in [0.3, 0.4) is 0 Å². The molecule has 0 spiro atoms. The monoisotopic (exact) mass is 343 g/mol. The van der Waals surface area contributed by atoms with E-state index in [2.05, 4.69) is 26.6 Å². The molecule has 0 unspecified atom stereocenters. The van der Waals surface area contributed by atoms with Crippen LogP contribution in [0.2, 0.25) is 0 Å². The van der Waals surface area contributed by atoms with Gasteiger partial charge in [0.05, 0.1) is 11.3 Å². The van der Waals surface area contributed by atoms with Gasteiger partial charge in [0, 0.05) is 11.0 Å². The van der Waals surface area contributed by atoms with E-state index in [0.717, 1.165) is 13.0 Å². The summed E-state index contributed by atoms with van der Waals surface area (Å²) in [6.07, 6.45) is 0.861. The Morgan fingerprint density at radius 1 is 1.35 bits per heavy atom. The third kappa shape index (κ3) is 5.58. The number of amides is 2. The van der Waals surface area contributed by atoms with Gasteiger partial charge >= 0.3 is 12.0 Å². The van der Waals surface area contributed by atoms with E-state index in [0.29, 0.717) is 16.7 Å². The lowest BCUT2D eigenvalue weighted by atomic mass is 10.2. The van der Waals surface area contributed by atoms with Crippen LogP contribution in [0.5, 0.6) is 0 Å². The first-order chi connectivity index (χ1) is 9.40. The number of nitrogens with one attached hydrogen (secondary N) is 2. The number of carbonyl (C=O) groups excluding carboxylic acids is 1. The molecule has 6 nitrogen and oxygen atoms in total. The molecule has 0 aromatic heterocycles. The highest BCUT2D eigenvalue weighted by Gasteiger charge is 2.08. The summed E-state index contributed by atoms with van der Waals surface area (Å²) in [5.41, 5.74) is 0.689. The highest BCUT2D eigenvalue weighted by atomic mass is 79.9. The van der Waals surface area contributed by atoms with Crippen LogP contribution in [0.1, 0.15) is 16.8 Å². The van der Waals surface area contributed by atoms with Gasteiger partial charge < -0.3 is 20.6 Å². The van der Waals surface area contributed by atoms with Crippen LogP contribution in [0, 0.1) is 0 Å². The number of halogens is 1. The predicted molar refractivity (Wildman–Crippen MR) is 81.3 cm³/mol. The summed E-state index contributed by atoms with van der Waals surface area (Å²) in [7, 11) is 3.95. The van der Waals surface area contributed by atoms with Crippen molar-refractivity contribution in [3.63, 3.8) is 0 Å². The van der Waals surface area contributed by atoms with Gasteiger partial charge in [-0.05, 0) is 61.2 Å². The number of aromatic carboxylic acids is 1. The molecule has 20 heavy (non-hydrogen) atoms. The largest absolute Gasteiger partial charge is 0.478 e. The lowest BCUT2D eigenvalue weighted by Gasteiger charge is -2.11. The molecule has 1 aromatic rings. The Kier molecular flexibility index (Phi) is 6.47. The van der Waals surface area contributed by atoms with Crippen LogP contribution in [-0.2, 0) is 0 Å². The Morgan fingerprint density at radius 2 is 2.05 bits per heavy atom. The first-order valence-corrected chi connectivity index (χ1v) is 6.92. The fraction of sp³-hybridized carbons (Fsp3) is 0.385. The summed E-state index contributed by atoms with van der Waals surface area (Å²) < 4.78 is 0.529. The molecule has 2 amide bonds. The Bertz CT molecular complexity index is 492. The van der Waals surface area contributed by atoms with E-state index in [4.69, 9.17) is 5.11 Å². The zero-order valence-corrected chi connectivity index (χ0v) is 13.0. The number of hydrogen-bond acceptors (Lipinski definition) is 3. The first kappa shape index (κ1) is 16.5. The Balaban J connectivity index is 2.48. The van der Waals surface area contributed by atoms with Crippen LogP contribution in [0.25, 0.3) is 0 Å². The second-order valence-electron chi connectivity index (χ2n) is 4.54. The van der Waals surface area contributed by atoms with Crippen molar-refractivity contribution in [1.82, 2.24) is 10.2 Å². The van der Waals surface area contributed by atoms with Crippen molar-refractivity contribution >= 4 is 33.6 Å². The van der Waals surface area contributed by atoms with Gasteiger partial charge in [-0.1, -0.05) is 0 Å². The second-order valence-corrected chi connectivity index (χ2v) is 5.39. The topological polar surface area (TPSA) is 81.7 Å². The molecule has 0 aliphatic heterocycles.